The van der Waals surface area contributed by atoms with Gasteiger partial charge in [0.1, 0.15) is 5.60 Å². The standard InChI is InChI=1S/C20H35N5O2.HI/c1-20(2,3)27-19(26)23-13-7-12-22-18(21-4)24-14-16-8-10-17(11-9-16)15-25(5)6;/h8-11H,7,12-15H2,1-6H3,(H,23,26)(H2,21,22,24);1H. The first-order valence-electron chi connectivity index (χ1n) is 9.33. The maximum absolute atomic E-state index is 11.6. The van der Waals surface area contributed by atoms with Crippen LogP contribution in [0.3, 0.4) is 0 Å². The second kappa shape index (κ2) is 13.6. The number of nitrogens with one attached hydrogen (secondary N) is 3. The molecule has 0 spiro atoms. The summed E-state index contributed by atoms with van der Waals surface area (Å²) in [6.45, 7) is 8.44. The van der Waals surface area contributed by atoms with Gasteiger partial charge in [-0.2, -0.15) is 0 Å². The van der Waals surface area contributed by atoms with Crippen LogP contribution in [0.25, 0.3) is 0 Å². The van der Waals surface area contributed by atoms with E-state index in [2.05, 4.69) is 64.2 Å². The topological polar surface area (TPSA) is 78.0 Å². The van der Waals surface area contributed by atoms with Gasteiger partial charge in [0.05, 0.1) is 0 Å². The summed E-state index contributed by atoms with van der Waals surface area (Å²) < 4.78 is 5.19. The van der Waals surface area contributed by atoms with Crippen molar-refractivity contribution in [2.75, 3.05) is 34.2 Å². The first-order chi connectivity index (χ1) is 12.7. The average Bonchev–Trinajstić information content (AvgIpc) is 2.56. The summed E-state index contributed by atoms with van der Waals surface area (Å²) in [6, 6.07) is 8.55. The molecule has 0 atom stereocenters. The molecule has 1 rings (SSSR count). The Morgan fingerprint density at radius 2 is 1.61 bits per heavy atom. The van der Waals surface area contributed by atoms with Crippen molar-refractivity contribution in [3.8, 4) is 0 Å². The number of hydrogen-bond acceptors (Lipinski definition) is 4. The number of rotatable bonds is 8. The van der Waals surface area contributed by atoms with E-state index in [9.17, 15) is 4.79 Å². The number of benzene rings is 1. The number of aliphatic imine (C=N–C) groups is 1. The molecule has 160 valence electrons. The first kappa shape index (κ1) is 26.4. The molecule has 28 heavy (non-hydrogen) atoms. The zero-order chi connectivity index (χ0) is 20.3. The molecular formula is C20H36IN5O2. The fourth-order valence-corrected chi connectivity index (χ4v) is 2.33. The van der Waals surface area contributed by atoms with Crippen LogP contribution in [0.2, 0.25) is 0 Å². The molecular weight excluding hydrogens is 469 g/mol. The van der Waals surface area contributed by atoms with Gasteiger partial charge in [-0.05, 0) is 52.4 Å². The largest absolute Gasteiger partial charge is 0.444 e. The van der Waals surface area contributed by atoms with E-state index in [-0.39, 0.29) is 30.1 Å². The third kappa shape index (κ3) is 12.8. The van der Waals surface area contributed by atoms with Crippen molar-refractivity contribution in [3.63, 3.8) is 0 Å². The fourth-order valence-electron chi connectivity index (χ4n) is 2.33. The molecule has 0 aliphatic heterocycles. The van der Waals surface area contributed by atoms with Gasteiger partial charge in [-0.25, -0.2) is 4.79 Å². The third-order valence-corrected chi connectivity index (χ3v) is 3.52. The lowest BCUT2D eigenvalue weighted by Crippen LogP contribution is -2.39. The minimum absolute atomic E-state index is 0. The maximum Gasteiger partial charge on any atom is 0.407 e. The monoisotopic (exact) mass is 505 g/mol. The molecule has 0 saturated heterocycles. The zero-order valence-corrected chi connectivity index (χ0v) is 20.3. The van der Waals surface area contributed by atoms with E-state index in [0.29, 0.717) is 19.6 Å². The van der Waals surface area contributed by atoms with Gasteiger partial charge in [0.25, 0.3) is 0 Å². The Balaban J connectivity index is 0.00000729. The molecule has 3 N–H and O–H groups in total. The number of nitrogens with zero attached hydrogens (tertiary/aromatic N) is 2. The smallest absolute Gasteiger partial charge is 0.407 e. The van der Waals surface area contributed by atoms with Gasteiger partial charge in [-0.15, -0.1) is 24.0 Å². The fraction of sp³-hybridized carbons (Fsp3) is 0.600. The van der Waals surface area contributed by atoms with Crippen LogP contribution in [0.4, 0.5) is 4.79 Å². The van der Waals surface area contributed by atoms with Gasteiger partial charge in [0.2, 0.25) is 0 Å². The van der Waals surface area contributed by atoms with E-state index in [0.717, 1.165) is 18.9 Å². The molecule has 0 heterocycles. The van der Waals surface area contributed by atoms with Crippen molar-refractivity contribution in [2.24, 2.45) is 4.99 Å². The maximum atomic E-state index is 11.6. The molecule has 0 aromatic heterocycles. The predicted octanol–water partition coefficient (Wildman–Crippen LogP) is 2.95. The zero-order valence-electron chi connectivity index (χ0n) is 18.0. The van der Waals surface area contributed by atoms with E-state index < -0.39 is 5.60 Å². The van der Waals surface area contributed by atoms with E-state index >= 15 is 0 Å². The number of carbonyl (C=O) groups is 1. The Morgan fingerprint density at radius 3 is 2.14 bits per heavy atom. The molecule has 1 aromatic carbocycles. The number of guanidine groups is 1. The number of amides is 1. The van der Waals surface area contributed by atoms with Crippen molar-refractivity contribution >= 4 is 36.0 Å². The molecule has 0 fully saturated rings. The van der Waals surface area contributed by atoms with Gasteiger partial charge in [0, 0.05) is 33.2 Å². The van der Waals surface area contributed by atoms with Gasteiger partial charge in [-0.1, -0.05) is 24.3 Å². The molecule has 7 nitrogen and oxygen atoms in total. The van der Waals surface area contributed by atoms with Crippen LogP contribution in [-0.2, 0) is 17.8 Å². The van der Waals surface area contributed by atoms with E-state index in [1.807, 2.05) is 20.8 Å². The molecule has 0 aliphatic rings. The van der Waals surface area contributed by atoms with Crippen LogP contribution in [-0.4, -0.2) is 56.8 Å². The minimum atomic E-state index is -0.473. The quantitative estimate of drug-likeness (QED) is 0.219. The summed E-state index contributed by atoms with van der Waals surface area (Å²) in [6.07, 6.45) is 0.391. The molecule has 1 aromatic rings. The SMILES string of the molecule is CN=C(NCCCNC(=O)OC(C)(C)C)NCc1ccc(CN(C)C)cc1.I. The second-order valence-electron chi connectivity index (χ2n) is 7.69. The van der Waals surface area contributed by atoms with Gasteiger partial charge < -0.3 is 25.6 Å². The third-order valence-electron chi connectivity index (χ3n) is 3.52. The van der Waals surface area contributed by atoms with Crippen molar-refractivity contribution in [1.29, 1.82) is 0 Å². The molecule has 0 radical (unpaired) electrons. The molecule has 0 saturated carbocycles. The van der Waals surface area contributed by atoms with Crippen LogP contribution in [0.5, 0.6) is 0 Å². The van der Waals surface area contributed by atoms with Gasteiger partial charge >= 0.3 is 6.09 Å². The van der Waals surface area contributed by atoms with Gasteiger partial charge in [-0.3, -0.25) is 4.99 Å². The van der Waals surface area contributed by atoms with E-state index in [1.54, 1.807) is 7.05 Å². The highest BCUT2D eigenvalue weighted by atomic mass is 127. The Hall–Kier alpha value is -1.55. The summed E-state index contributed by atoms with van der Waals surface area (Å²) in [5.41, 5.74) is 2.02. The lowest BCUT2D eigenvalue weighted by molar-refractivity contribution is 0.0527. The predicted molar refractivity (Wildman–Crippen MR) is 126 cm³/mol. The highest BCUT2D eigenvalue weighted by Crippen LogP contribution is 2.07. The van der Waals surface area contributed by atoms with Crippen LogP contribution in [0.15, 0.2) is 29.3 Å². The summed E-state index contributed by atoms with van der Waals surface area (Å²) in [5.74, 6) is 0.740. The highest BCUT2D eigenvalue weighted by molar-refractivity contribution is 14.0. The van der Waals surface area contributed by atoms with Crippen molar-refractivity contribution in [2.45, 2.75) is 45.9 Å². The van der Waals surface area contributed by atoms with E-state index in [1.165, 1.54) is 11.1 Å². The Labute approximate surface area is 186 Å². The normalized spacial score (nSPS) is 11.6. The number of halogens is 1. The summed E-state index contributed by atoms with van der Waals surface area (Å²) in [7, 11) is 5.87. The van der Waals surface area contributed by atoms with Crippen LogP contribution in [0, 0.1) is 0 Å². The van der Waals surface area contributed by atoms with Gasteiger partial charge in [0.15, 0.2) is 5.96 Å². The average molecular weight is 505 g/mol. The van der Waals surface area contributed by atoms with Crippen LogP contribution < -0.4 is 16.0 Å². The Kier molecular flexibility index (Phi) is 12.8. The number of carbonyl (C=O) groups excluding carboxylic acids is 1. The Bertz CT molecular complexity index is 598. The summed E-state index contributed by atoms with van der Waals surface area (Å²) >= 11 is 0. The Morgan fingerprint density at radius 1 is 1.04 bits per heavy atom. The molecule has 0 bridgehead atoms. The summed E-state index contributed by atoms with van der Waals surface area (Å²) in [5, 5.41) is 9.27. The lowest BCUT2D eigenvalue weighted by Gasteiger charge is -2.19. The second-order valence-corrected chi connectivity index (χ2v) is 7.69. The number of ether oxygens (including phenoxy) is 1. The van der Waals surface area contributed by atoms with E-state index in [4.69, 9.17) is 4.74 Å². The van der Waals surface area contributed by atoms with Crippen LogP contribution in [0.1, 0.15) is 38.3 Å². The van der Waals surface area contributed by atoms with Crippen molar-refractivity contribution < 1.29 is 9.53 Å². The lowest BCUT2D eigenvalue weighted by atomic mass is 10.1. The minimum Gasteiger partial charge on any atom is -0.444 e. The summed E-state index contributed by atoms with van der Waals surface area (Å²) in [4.78, 5) is 17.9. The molecule has 0 unspecified atom stereocenters. The molecule has 1 amide bonds. The number of hydrogen-bond donors (Lipinski definition) is 3. The highest BCUT2D eigenvalue weighted by Gasteiger charge is 2.15. The first-order valence-corrected chi connectivity index (χ1v) is 9.33. The molecule has 8 heteroatoms. The van der Waals surface area contributed by atoms with Crippen molar-refractivity contribution in [3.05, 3.63) is 35.4 Å². The van der Waals surface area contributed by atoms with Crippen molar-refractivity contribution in [1.82, 2.24) is 20.9 Å². The number of alkyl carbamates (subject to hydrolysis) is 1. The van der Waals surface area contributed by atoms with Crippen LogP contribution >= 0.6 is 24.0 Å². The molecule has 0 aliphatic carbocycles.